The smallest absolute Gasteiger partial charge is 0.350 e. The number of thiophene rings is 1. The summed E-state index contributed by atoms with van der Waals surface area (Å²) >= 11 is 1.09. The summed E-state index contributed by atoms with van der Waals surface area (Å²) in [6.45, 7) is -0.476. The van der Waals surface area contributed by atoms with E-state index >= 15 is 0 Å². The van der Waals surface area contributed by atoms with E-state index in [9.17, 15) is 22.4 Å². The number of hydrogen-bond acceptors (Lipinski definition) is 6. The zero-order valence-electron chi connectivity index (χ0n) is 13.4. The maximum atomic E-state index is 12.9. The molecular weight excluding hydrogens is 371 g/mol. The van der Waals surface area contributed by atoms with Crippen LogP contribution in [0.1, 0.15) is 9.67 Å². The fourth-order valence-electron chi connectivity index (χ4n) is 1.92. The second kappa shape index (κ2) is 7.72. The number of esters is 1. The third kappa shape index (κ3) is 4.41. The second-order valence-electron chi connectivity index (χ2n) is 4.92. The van der Waals surface area contributed by atoms with Gasteiger partial charge in [0.05, 0.1) is 24.2 Å². The van der Waals surface area contributed by atoms with Crippen LogP contribution < -0.4 is 5.32 Å². The molecule has 0 radical (unpaired) electrons. The summed E-state index contributed by atoms with van der Waals surface area (Å²) in [4.78, 5) is 23.7. The molecule has 0 spiro atoms. The highest BCUT2D eigenvalue weighted by molar-refractivity contribution is 7.89. The number of likely N-dealkylation sites (N-methyl/N-ethyl adjacent to an activating group) is 1. The molecule has 25 heavy (non-hydrogen) atoms. The van der Waals surface area contributed by atoms with Crippen LogP contribution in [0.5, 0.6) is 0 Å². The number of anilines is 1. The number of carbonyl (C=O) groups is 2. The molecule has 0 aliphatic heterocycles. The minimum atomic E-state index is -3.94. The Labute approximate surface area is 148 Å². The Morgan fingerprint density at radius 3 is 2.48 bits per heavy atom. The summed E-state index contributed by atoms with van der Waals surface area (Å²) < 4.78 is 43.1. The molecule has 134 valence electrons. The molecule has 1 heterocycles. The quantitative estimate of drug-likeness (QED) is 0.766. The molecule has 1 amide bonds. The van der Waals surface area contributed by atoms with Crippen LogP contribution >= 0.6 is 11.3 Å². The van der Waals surface area contributed by atoms with E-state index in [-0.39, 0.29) is 15.5 Å². The fraction of sp³-hybridized carbons (Fsp3) is 0.200. The minimum Gasteiger partial charge on any atom is -0.465 e. The van der Waals surface area contributed by atoms with Crippen molar-refractivity contribution in [2.24, 2.45) is 0 Å². The summed E-state index contributed by atoms with van der Waals surface area (Å²) in [5.74, 6) is -1.79. The lowest BCUT2D eigenvalue weighted by Crippen LogP contribution is -2.35. The van der Waals surface area contributed by atoms with Gasteiger partial charge in [-0.05, 0) is 35.7 Å². The third-order valence-electron chi connectivity index (χ3n) is 3.20. The van der Waals surface area contributed by atoms with E-state index in [1.54, 1.807) is 5.38 Å². The Kier molecular flexibility index (Phi) is 5.88. The van der Waals surface area contributed by atoms with Crippen molar-refractivity contribution in [3.8, 4) is 0 Å². The number of halogens is 1. The average Bonchev–Trinajstić information content (AvgIpc) is 3.02. The monoisotopic (exact) mass is 386 g/mol. The minimum absolute atomic E-state index is 0.130. The van der Waals surface area contributed by atoms with Gasteiger partial charge in [0.1, 0.15) is 10.7 Å². The molecule has 0 atom stereocenters. The number of methoxy groups -OCH3 is 1. The third-order valence-corrected chi connectivity index (χ3v) is 5.91. The molecule has 1 aromatic carbocycles. The van der Waals surface area contributed by atoms with E-state index in [1.807, 2.05) is 0 Å². The topological polar surface area (TPSA) is 92.8 Å². The number of nitrogens with zero attached hydrogens (tertiary/aromatic N) is 1. The van der Waals surface area contributed by atoms with E-state index in [2.05, 4.69) is 10.1 Å². The first kappa shape index (κ1) is 19.0. The van der Waals surface area contributed by atoms with Crippen molar-refractivity contribution in [3.05, 3.63) is 46.4 Å². The van der Waals surface area contributed by atoms with E-state index < -0.39 is 34.3 Å². The van der Waals surface area contributed by atoms with Crippen LogP contribution in [0.3, 0.4) is 0 Å². The van der Waals surface area contributed by atoms with Crippen LogP contribution in [0.15, 0.2) is 40.6 Å². The summed E-state index contributed by atoms with van der Waals surface area (Å²) in [6.07, 6.45) is 0. The number of nitrogens with one attached hydrogen (secondary N) is 1. The van der Waals surface area contributed by atoms with E-state index in [0.29, 0.717) is 0 Å². The van der Waals surface area contributed by atoms with Gasteiger partial charge in [0.25, 0.3) is 0 Å². The van der Waals surface area contributed by atoms with Crippen molar-refractivity contribution in [2.45, 2.75) is 4.90 Å². The highest BCUT2D eigenvalue weighted by Crippen LogP contribution is 2.23. The molecule has 1 aromatic heterocycles. The summed E-state index contributed by atoms with van der Waals surface area (Å²) in [5, 5.41) is 4.07. The van der Waals surface area contributed by atoms with Crippen molar-refractivity contribution in [2.75, 3.05) is 26.0 Å². The van der Waals surface area contributed by atoms with Crippen LogP contribution in [-0.4, -0.2) is 45.3 Å². The largest absolute Gasteiger partial charge is 0.465 e. The number of hydrogen-bond donors (Lipinski definition) is 1. The predicted molar refractivity (Wildman–Crippen MR) is 90.5 cm³/mol. The number of rotatable bonds is 6. The number of amides is 1. The van der Waals surface area contributed by atoms with E-state index in [1.165, 1.54) is 20.2 Å². The van der Waals surface area contributed by atoms with Gasteiger partial charge in [-0.3, -0.25) is 4.79 Å². The van der Waals surface area contributed by atoms with Crippen LogP contribution in [0.25, 0.3) is 0 Å². The SMILES string of the molecule is COC(=O)c1sccc1NC(=O)CN(C)S(=O)(=O)c1ccc(F)cc1. The molecule has 10 heteroatoms. The highest BCUT2D eigenvalue weighted by atomic mass is 32.2. The van der Waals surface area contributed by atoms with Gasteiger partial charge in [0.15, 0.2) is 0 Å². The normalized spacial score (nSPS) is 11.4. The number of sulfonamides is 1. The van der Waals surface area contributed by atoms with Crippen molar-refractivity contribution in [1.29, 1.82) is 0 Å². The average molecular weight is 386 g/mol. The van der Waals surface area contributed by atoms with Gasteiger partial charge in [-0.25, -0.2) is 17.6 Å². The molecule has 0 saturated heterocycles. The van der Waals surface area contributed by atoms with Crippen molar-refractivity contribution in [3.63, 3.8) is 0 Å². The number of benzene rings is 1. The molecule has 1 N–H and O–H groups in total. The lowest BCUT2D eigenvalue weighted by Gasteiger charge is -2.17. The molecule has 0 bridgehead atoms. The zero-order chi connectivity index (χ0) is 18.6. The van der Waals surface area contributed by atoms with Gasteiger partial charge in [-0.2, -0.15) is 4.31 Å². The lowest BCUT2D eigenvalue weighted by atomic mass is 10.3. The standard InChI is InChI=1S/C15H15FN2O5S2/c1-18(25(21,22)11-5-3-10(16)4-6-11)9-13(19)17-12-7-8-24-14(12)15(20)23-2/h3-8H,9H2,1-2H3,(H,17,19). The molecule has 0 saturated carbocycles. The van der Waals surface area contributed by atoms with Crippen LogP contribution in [0, 0.1) is 5.82 Å². The molecule has 7 nitrogen and oxygen atoms in total. The molecule has 2 aromatic rings. The Hall–Kier alpha value is -2.30. The van der Waals surface area contributed by atoms with Gasteiger partial charge >= 0.3 is 5.97 Å². The molecule has 0 fully saturated rings. The predicted octanol–water partition coefficient (Wildman–Crippen LogP) is 1.93. The van der Waals surface area contributed by atoms with Gasteiger partial charge in [0, 0.05) is 7.05 Å². The molecular formula is C15H15FN2O5S2. The summed E-state index contributed by atoms with van der Waals surface area (Å²) in [5.41, 5.74) is 0.245. The van der Waals surface area contributed by atoms with Crippen molar-refractivity contribution >= 4 is 38.9 Å². The number of ether oxygens (including phenoxy) is 1. The van der Waals surface area contributed by atoms with Gasteiger partial charge in [0.2, 0.25) is 15.9 Å². The van der Waals surface area contributed by atoms with E-state index in [0.717, 1.165) is 39.9 Å². The fourth-order valence-corrected chi connectivity index (χ4v) is 3.81. The Morgan fingerprint density at radius 2 is 1.88 bits per heavy atom. The highest BCUT2D eigenvalue weighted by Gasteiger charge is 2.24. The summed E-state index contributed by atoms with van der Waals surface area (Å²) in [7, 11) is -1.50. The first-order valence-electron chi connectivity index (χ1n) is 6.93. The van der Waals surface area contributed by atoms with Crippen LogP contribution in [-0.2, 0) is 19.6 Å². The number of carbonyl (C=O) groups excluding carboxylic acids is 2. The first-order chi connectivity index (χ1) is 11.8. The van der Waals surface area contributed by atoms with Crippen LogP contribution in [0.4, 0.5) is 10.1 Å². The Bertz CT molecular complexity index is 878. The van der Waals surface area contributed by atoms with Crippen molar-refractivity contribution < 1.29 is 27.1 Å². The Morgan fingerprint density at radius 1 is 1.24 bits per heavy atom. The van der Waals surface area contributed by atoms with Gasteiger partial charge in [-0.1, -0.05) is 0 Å². The van der Waals surface area contributed by atoms with Gasteiger partial charge in [-0.15, -0.1) is 11.3 Å². The molecule has 2 rings (SSSR count). The van der Waals surface area contributed by atoms with Crippen LogP contribution in [0.2, 0.25) is 0 Å². The molecule has 0 aliphatic carbocycles. The van der Waals surface area contributed by atoms with E-state index in [4.69, 9.17) is 0 Å². The second-order valence-corrected chi connectivity index (χ2v) is 7.88. The maximum Gasteiger partial charge on any atom is 0.350 e. The molecule has 0 unspecified atom stereocenters. The van der Waals surface area contributed by atoms with Crippen molar-refractivity contribution in [1.82, 2.24) is 4.31 Å². The zero-order valence-corrected chi connectivity index (χ0v) is 15.0. The summed E-state index contributed by atoms with van der Waals surface area (Å²) in [6, 6.07) is 5.80. The Balaban J connectivity index is 2.09. The first-order valence-corrected chi connectivity index (χ1v) is 9.25. The molecule has 0 aliphatic rings. The van der Waals surface area contributed by atoms with Gasteiger partial charge < -0.3 is 10.1 Å². The lowest BCUT2D eigenvalue weighted by molar-refractivity contribution is -0.116. The maximum absolute atomic E-state index is 12.9.